The van der Waals surface area contributed by atoms with Gasteiger partial charge in [0.15, 0.2) is 0 Å². The Morgan fingerprint density at radius 2 is 2.05 bits per heavy atom. The van der Waals surface area contributed by atoms with E-state index in [0.29, 0.717) is 0 Å². The Kier molecular flexibility index (Phi) is 4.61. The van der Waals surface area contributed by atoms with E-state index < -0.39 is 42.8 Å². The Hall–Kier alpha value is -1.51. The van der Waals surface area contributed by atoms with E-state index in [9.17, 15) is 27.9 Å². The van der Waals surface area contributed by atoms with Crippen molar-refractivity contribution < 1.29 is 33.0 Å². The third kappa shape index (κ3) is 4.58. The second-order valence-electron chi connectivity index (χ2n) is 4.57. The molecule has 0 spiro atoms. The number of halogens is 3. The summed E-state index contributed by atoms with van der Waals surface area (Å²) < 4.78 is 36.3. The number of aliphatic carboxylic acids is 1. The average molecular weight is 284 g/mol. The predicted molar refractivity (Wildman–Crippen MR) is 57.4 cm³/mol. The number of urea groups is 1. The summed E-state index contributed by atoms with van der Waals surface area (Å²) in [5, 5.41) is 20.3. The van der Waals surface area contributed by atoms with E-state index in [-0.39, 0.29) is 13.0 Å². The van der Waals surface area contributed by atoms with Crippen molar-refractivity contribution >= 4 is 12.0 Å². The molecule has 2 amide bonds. The van der Waals surface area contributed by atoms with Crippen LogP contribution in [-0.4, -0.2) is 58.0 Å². The molecule has 3 N–H and O–H groups in total. The number of hydrogen-bond acceptors (Lipinski definition) is 3. The molecule has 0 bridgehead atoms. The molecule has 6 nitrogen and oxygen atoms in total. The van der Waals surface area contributed by atoms with Crippen molar-refractivity contribution in [2.45, 2.75) is 44.1 Å². The number of β-amino-alcohol motifs (C(OH)–C–C–N with tert-alkyl or cyclic N) is 1. The van der Waals surface area contributed by atoms with Crippen LogP contribution in [0.2, 0.25) is 0 Å². The first-order valence-electron chi connectivity index (χ1n) is 5.65. The normalized spacial score (nSPS) is 25.2. The van der Waals surface area contributed by atoms with Crippen molar-refractivity contribution in [2.24, 2.45) is 0 Å². The number of carbonyl (C=O) groups is 2. The summed E-state index contributed by atoms with van der Waals surface area (Å²) in [6, 6.07) is -3.30. The number of nitrogens with one attached hydrogen (secondary N) is 1. The van der Waals surface area contributed by atoms with Gasteiger partial charge in [-0.15, -0.1) is 0 Å². The van der Waals surface area contributed by atoms with Crippen LogP contribution in [-0.2, 0) is 4.79 Å². The van der Waals surface area contributed by atoms with Gasteiger partial charge in [-0.3, -0.25) is 0 Å². The molecular formula is C10H15F3N2O4. The van der Waals surface area contributed by atoms with E-state index in [1.165, 1.54) is 6.92 Å². The Bertz CT molecular complexity index is 361. The number of nitrogens with zero attached hydrogens (tertiary/aromatic N) is 1. The average Bonchev–Trinajstić information content (AvgIpc) is 2.57. The number of amides is 2. The van der Waals surface area contributed by atoms with Crippen LogP contribution in [0, 0.1) is 0 Å². The number of alkyl halides is 3. The molecule has 19 heavy (non-hydrogen) atoms. The van der Waals surface area contributed by atoms with Gasteiger partial charge in [-0.2, -0.15) is 13.2 Å². The number of carboxylic acid groups (broad SMARTS) is 1. The number of hydrogen-bond donors (Lipinski definition) is 3. The van der Waals surface area contributed by atoms with E-state index in [4.69, 9.17) is 5.11 Å². The maximum Gasteiger partial charge on any atom is 0.391 e. The molecule has 9 heteroatoms. The second-order valence-corrected chi connectivity index (χ2v) is 4.57. The van der Waals surface area contributed by atoms with Gasteiger partial charge in [0.2, 0.25) is 0 Å². The molecule has 1 aliphatic heterocycles. The summed E-state index contributed by atoms with van der Waals surface area (Å²) in [4.78, 5) is 23.4. The lowest BCUT2D eigenvalue weighted by atomic mass is 10.2. The molecule has 0 aromatic heterocycles. The number of carboxylic acids is 1. The summed E-state index contributed by atoms with van der Waals surface area (Å²) in [6.07, 6.45) is -6.73. The Balaban J connectivity index is 2.59. The molecule has 0 radical (unpaired) electrons. The van der Waals surface area contributed by atoms with E-state index in [2.05, 4.69) is 5.32 Å². The number of aliphatic hydroxyl groups is 1. The highest BCUT2D eigenvalue weighted by Crippen LogP contribution is 2.22. The van der Waals surface area contributed by atoms with Gasteiger partial charge in [0, 0.05) is 19.0 Å². The van der Waals surface area contributed by atoms with Gasteiger partial charge in [-0.1, -0.05) is 0 Å². The van der Waals surface area contributed by atoms with Crippen LogP contribution in [0.25, 0.3) is 0 Å². The minimum atomic E-state index is -4.41. The smallest absolute Gasteiger partial charge is 0.391 e. The SMILES string of the molecule is CC(CC(F)(F)F)NC(=O)N1C[C@H](O)C[C@@H]1C(=O)O. The molecule has 1 unspecified atom stereocenters. The minimum absolute atomic E-state index is 0.129. The third-order valence-electron chi connectivity index (χ3n) is 2.73. The van der Waals surface area contributed by atoms with Crippen molar-refractivity contribution in [1.82, 2.24) is 10.2 Å². The summed E-state index contributed by atoms with van der Waals surface area (Å²) in [7, 11) is 0. The zero-order valence-corrected chi connectivity index (χ0v) is 10.1. The van der Waals surface area contributed by atoms with Crippen LogP contribution >= 0.6 is 0 Å². The zero-order valence-electron chi connectivity index (χ0n) is 10.1. The highest BCUT2D eigenvalue weighted by atomic mass is 19.4. The summed E-state index contributed by atoms with van der Waals surface area (Å²) in [5.74, 6) is -1.30. The maximum absolute atomic E-state index is 12.1. The van der Waals surface area contributed by atoms with Crippen LogP contribution in [0.15, 0.2) is 0 Å². The highest BCUT2D eigenvalue weighted by molar-refractivity contribution is 5.83. The fourth-order valence-corrected chi connectivity index (χ4v) is 1.96. The predicted octanol–water partition coefficient (Wildman–Crippen LogP) is 0.557. The van der Waals surface area contributed by atoms with E-state index >= 15 is 0 Å². The van der Waals surface area contributed by atoms with Crippen molar-refractivity contribution in [3.05, 3.63) is 0 Å². The molecule has 1 saturated heterocycles. The second kappa shape index (κ2) is 5.64. The Labute approximate surface area is 107 Å². The van der Waals surface area contributed by atoms with Gasteiger partial charge in [0.25, 0.3) is 0 Å². The lowest BCUT2D eigenvalue weighted by molar-refractivity contribution is -0.142. The molecule has 1 rings (SSSR count). The first kappa shape index (κ1) is 15.5. The summed E-state index contributed by atoms with van der Waals surface area (Å²) >= 11 is 0. The first-order chi connectivity index (χ1) is 8.60. The number of likely N-dealkylation sites (tertiary alicyclic amines) is 1. The molecule has 1 aliphatic rings. The molecule has 110 valence electrons. The fraction of sp³-hybridized carbons (Fsp3) is 0.800. The minimum Gasteiger partial charge on any atom is -0.480 e. The van der Waals surface area contributed by atoms with E-state index in [0.717, 1.165) is 4.90 Å². The Morgan fingerprint density at radius 1 is 1.47 bits per heavy atom. The van der Waals surface area contributed by atoms with Crippen LogP contribution < -0.4 is 5.32 Å². The van der Waals surface area contributed by atoms with Gasteiger partial charge < -0.3 is 20.4 Å². The Morgan fingerprint density at radius 3 is 2.53 bits per heavy atom. The molecule has 3 atom stereocenters. The van der Waals surface area contributed by atoms with Crippen LogP contribution in [0.4, 0.5) is 18.0 Å². The van der Waals surface area contributed by atoms with Gasteiger partial charge in [0.1, 0.15) is 6.04 Å². The number of aliphatic hydroxyl groups excluding tert-OH is 1. The molecule has 1 fully saturated rings. The van der Waals surface area contributed by atoms with Crippen molar-refractivity contribution in [1.29, 1.82) is 0 Å². The molecule has 1 heterocycles. The third-order valence-corrected chi connectivity index (χ3v) is 2.73. The van der Waals surface area contributed by atoms with Gasteiger partial charge in [-0.25, -0.2) is 9.59 Å². The summed E-state index contributed by atoms with van der Waals surface area (Å²) in [5.41, 5.74) is 0. The van der Waals surface area contributed by atoms with Crippen molar-refractivity contribution in [3.63, 3.8) is 0 Å². The topological polar surface area (TPSA) is 89.9 Å². The lowest BCUT2D eigenvalue weighted by Gasteiger charge is -2.24. The molecule has 0 saturated carbocycles. The van der Waals surface area contributed by atoms with Crippen LogP contribution in [0.5, 0.6) is 0 Å². The lowest BCUT2D eigenvalue weighted by Crippen LogP contribution is -2.49. The molecule has 0 aromatic rings. The summed E-state index contributed by atoms with van der Waals surface area (Å²) in [6.45, 7) is 0.967. The van der Waals surface area contributed by atoms with Crippen LogP contribution in [0.3, 0.4) is 0 Å². The zero-order chi connectivity index (χ0) is 14.8. The van der Waals surface area contributed by atoms with Crippen molar-refractivity contribution in [3.8, 4) is 0 Å². The molecular weight excluding hydrogens is 269 g/mol. The van der Waals surface area contributed by atoms with E-state index in [1.54, 1.807) is 0 Å². The number of carbonyl (C=O) groups excluding carboxylic acids is 1. The first-order valence-corrected chi connectivity index (χ1v) is 5.65. The molecule has 0 aromatic carbocycles. The highest BCUT2D eigenvalue weighted by Gasteiger charge is 2.40. The maximum atomic E-state index is 12.1. The molecule has 0 aliphatic carbocycles. The monoisotopic (exact) mass is 284 g/mol. The van der Waals surface area contributed by atoms with Gasteiger partial charge in [-0.05, 0) is 6.92 Å². The van der Waals surface area contributed by atoms with Crippen molar-refractivity contribution in [2.75, 3.05) is 6.54 Å². The standard InChI is InChI=1S/C10H15F3N2O4/c1-5(3-10(11,12)13)14-9(19)15-4-6(16)2-7(15)8(17)18/h5-7,16H,2-4H2,1H3,(H,14,19)(H,17,18)/t5?,6-,7-/m1/s1. The van der Waals surface area contributed by atoms with Gasteiger partial charge >= 0.3 is 18.2 Å². The van der Waals surface area contributed by atoms with Gasteiger partial charge in [0.05, 0.1) is 12.5 Å². The largest absolute Gasteiger partial charge is 0.480 e. The van der Waals surface area contributed by atoms with E-state index in [1.807, 2.05) is 0 Å². The number of rotatable bonds is 3. The quantitative estimate of drug-likeness (QED) is 0.706. The van der Waals surface area contributed by atoms with Crippen LogP contribution in [0.1, 0.15) is 19.8 Å². The fourth-order valence-electron chi connectivity index (χ4n) is 1.96.